The van der Waals surface area contributed by atoms with Gasteiger partial charge < -0.3 is 0 Å². The van der Waals surface area contributed by atoms with Gasteiger partial charge in [-0.2, -0.15) is 0 Å². The van der Waals surface area contributed by atoms with Crippen LogP contribution in [-0.2, 0) is 6.42 Å². The third-order valence-corrected chi connectivity index (χ3v) is 7.83. The average Bonchev–Trinajstić information content (AvgIpc) is 2.77. The van der Waals surface area contributed by atoms with E-state index in [-0.39, 0.29) is 0 Å². The van der Waals surface area contributed by atoms with Crippen molar-refractivity contribution in [2.45, 2.75) is 91.2 Å². The van der Waals surface area contributed by atoms with Crippen LogP contribution in [-0.4, -0.2) is 16.1 Å². The lowest BCUT2D eigenvalue weighted by molar-refractivity contribution is 0.609. The Kier molecular flexibility index (Phi) is 8.86. The lowest BCUT2D eigenvalue weighted by Crippen LogP contribution is -2.16. The van der Waals surface area contributed by atoms with Crippen molar-refractivity contribution in [3.63, 3.8) is 0 Å². The van der Waals surface area contributed by atoms with E-state index in [2.05, 4.69) is 112 Å². The van der Waals surface area contributed by atoms with Crippen LogP contribution in [0, 0.1) is 22.9 Å². The van der Waals surface area contributed by atoms with Gasteiger partial charge >= 0.3 is 0 Å². The summed E-state index contributed by atoms with van der Waals surface area (Å²) in [6.07, 6.45) is 9.04. The largest absolute Gasteiger partial charge is 0.129 e. The molecule has 0 bridgehead atoms. The molecule has 34 heavy (non-hydrogen) atoms. The van der Waals surface area contributed by atoms with Crippen molar-refractivity contribution >= 4 is 37.7 Å². The fourth-order valence-corrected chi connectivity index (χ4v) is 5.36. The standard InChI is InChI=1S/C32H42Si2/c1-8-9-10-11-12-13-18-28-29-19-14-16-26(21-23-33(2,3)4)31(29)25-32-27(17-15-20-30(28)32)22-24-34(5,6)7/h14-17,19-20,25H,8-13,18H2,1-7H3. The van der Waals surface area contributed by atoms with Crippen LogP contribution < -0.4 is 0 Å². The molecule has 0 aromatic heterocycles. The maximum absolute atomic E-state index is 3.60. The van der Waals surface area contributed by atoms with Gasteiger partial charge in [0.1, 0.15) is 16.1 Å². The summed E-state index contributed by atoms with van der Waals surface area (Å²) in [4.78, 5) is 0. The summed E-state index contributed by atoms with van der Waals surface area (Å²) in [7, 11) is -2.91. The highest BCUT2D eigenvalue weighted by molar-refractivity contribution is 6.84. The van der Waals surface area contributed by atoms with E-state index in [1.807, 2.05) is 0 Å². The fraction of sp³-hybridized carbons (Fsp3) is 0.438. The highest BCUT2D eigenvalue weighted by Crippen LogP contribution is 2.33. The minimum atomic E-state index is -1.46. The van der Waals surface area contributed by atoms with Gasteiger partial charge in [0, 0.05) is 11.1 Å². The van der Waals surface area contributed by atoms with Gasteiger partial charge in [0.25, 0.3) is 0 Å². The predicted molar refractivity (Wildman–Crippen MR) is 159 cm³/mol. The van der Waals surface area contributed by atoms with Crippen molar-refractivity contribution in [1.82, 2.24) is 0 Å². The number of rotatable bonds is 7. The minimum Gasteiger partial charge on any atom is -0.127 e. The zero-order valence-corrected chi connectivity index (χ0v) is 24.5. The van der Waals surface area contributed by atoms with Crippen LogP contribution in [0.1, 0.15) is 62.1 Å². The summed E-state index contributed by atoms with van der Waals surface area (Å²) < 4.78 is 0. The van der Waals surface area contributed by atoms with Crippen LogP contribution in [0.5, 0.6) is 0 Å². The molecule has 2 heteroatoms. The molecular formula is C32H42Si2. The van der Waals surface area contributed by atoms with Gasteiger partial charge in [0.2, 0.25) is 0 Å². The summed E-state index contributed by atoms with van der Waals surface area (Å²) in [5.41, 5.74) is 11.0. The Hall–Kier alpha value is -2.27. The van der Waals surface area contributed by atoms with E-state index >= 15 is 0 Å². The smallest absolute Gasteiger partial charge is 0.127 e. The van der Waals surface area contributed by atoms with E-state index in [1.54, 1.807) is 0 Å². The quantitative estimate of drug-likeness (QED) is 0.136. The molecule has 0 atom stereocenters. The third-order valence-electron chi connectivity index (χ3n) is 6.08. The second-order valence-corrected chi connectivity index (χ2v) is 21.2. The molecule has 0 aliphatic carbocycles. The maximum atomic E-state index is 3.60. The van der Waals surface area contributed by atoms with Gasteiger partial charge in [-0.1, -0.05) is 114 Å². The molecule has 0 saturated heterocycles. The Balaban J connectivity index is 2.18. The highest BCUT2D eigenvalue weighted by Gasteiger charge is 2.14. The molecule has 0 aliphatic heterocycles. The molecule has 0 saturated carbocycles. The van der Waals surface area contributed by atoms with E-state index in [1.165, 1.54) is 76.8 Å². The van der Waals surface area contributed by atoms with Gasteiger partial charge in [0.15, 0.2) is 0 Å². The topological polar surface area (TPSA) is 0 Å². The third kappa shape index (κ3) is 7.37. The van der Waals surface area contributed by atoms with Crippen molar-refractivity contribution in [3.8, 4) is 22.9 Å². The average molecular weight is 483 g/mol. The summed E-state index contributed by atoms with van der Waals surface area (Å²) >= 11 is 0. The molecule has 0 radical (unpaired) electrons. The Morgan fingerprint density at radius 3 is 1.53 bits per heavy atom. The molecular weight excluding hydrogens is 441 g/mol. The van der Waals surface area contributed by atoms with E-state index < -0.39 is 16.1 Å². The van der Waals surface area contributed by atoms with Crippen LogP contribution >= 0.6 is 0 Å². The van der Waals surface area contributed by atoms with E-state index in [9.17, 15) is 0 Å². The van der Waals surface area contributed by atoms with Gasteiger partial charge in [-0.15, -0.1) is 11.1 Å². The second-order valence-electron chi connectivity index (χ2n) is 11.7. The van der Waals surface area contributed by atoms with E-state index in [4.69, 9.17) is 0 Å². The van der Waals surface area contributed by atoms with Crippen LogP contribution in [0.2, 0.25) is 39.3 Å². The summed E-state index contributed by atoms with van der Waals surface area (Å²) in [5.74, 6) is 7.14. The molecule has 3 rings (SSSR count). The molecule has 0 aliphatic rings. The molecule has 3 aromatic rings. The van der Waals surface area contributed by atoms with Crippen molar-refractivity contribution in [1.29, 1.82) is 0 Å². The molecule has 0 spiro atoms. The van der Waals surface area contributed by atoms with Gasteiger partial charge in [-0.25, -0.2) is 0 Å². The van der Waals surface area contributed by atoms with Gasteiger partial charge in [0.05, 0.1) is 0 Å². The van der Waals surface area contributed by atoms with Crippen molar-refractivity contribution in [2.75, 3.05) is 0 Å². The first-order valence-electron chi connectivity index (χ1n) is 13.1. The molecule has 0 unspecified atom stereocenters. The van der Waals surface area contributed by atoms with E-state index in [0.29, 0.717) is 0 Å². The molecule has 0 N–H and O–H groups in total. The number of hydrogen-bond acceptors (Lipinski definition) is 0. The highest BCUT2D eigenvalue weighted by atomic mass is 28.3. The van der Waals surface area contributed by atoms with Crippen LogP contribution in [0.3, 0.4) is 0 Å². The van der Waals surface area contributed by atoms with Crippen LogP contribution in [0.25, 0.3) is 21.5 Å². The van der Waals surface area contributed by atoms with Crippen molar-refractivity contribution < 1.29 is 0 Å². The zero-order chi connectivity index (χ0) is 24.8. The number of benzene rings is 3. The van der Waals surface area contributed by atoms with Crippen molar-refractivity contribution in [2.24, 2.45) is 0 Å². The first-order valence-corrected chi connectivity index (χ1v) is 20.1. The van der Waals surface area contributed by atoms with Crippen LogP contribution in [0.4, 0.5) is 0 Å². The zero-order valence-electron chi connectivity index (χ0n) is 22.5. The Morgan fingerprint density at radius 1 is 0.588 bits per heavy atom. The SMILES string of the molecule is CCCCCCCCc1c2cccc(C#C[Si](C)(C)C)c2cc2c(C#C[Si](C)(C)C)cccc12. The molecule has 3 aromatic carbocycles. The van der Waals surface area contributed by atoms with Crippen LogP contribution in [0.15, 0.2) is 42.5 Å². The molecule has 0 heterocycles. The molecule has 0 amide bonds. The summed E-state index contributed by atoms with van der Waals surface area (Å²) in [6, 6.07) is 15.8. The molecule has 178 valence electrons. The predicted octanol–water partition coefficient (Wildman–Crippen LogP) is 9.35. The number of unbranched alkanes of at least 4 members (excludes halogenated alkanes) is 5. The summed E-state index contributed by atoms with van der Waals surface area (Å²) in [6.45, 7) is 16.2. The second kappa shape index (κ2) is 11.4. The normalized spacial score (nSPS) is 11.7. The van der Waals surface area contributed by atoms with Crippen molar-refractivity contribution in [3.05, 3.63) is 59.2 Å². The Morgan fingerprint density at radius 2 is 1.06 bits per heavy atom. The Labute approximate surface area is 210 Å². The first kappa shape index (κ1) is 26.3. The van der Waals surface area contributed by atoms with Gasteiger partial charge in [-0.3, -0.25) is 0 Å². The number of aryl methyl sites for hydroxylation is 1. The fourth-order valence-electron chi connectivity index (χ4n) is 4.34. The lowest BCUT2D eigenvalue weighted by atomic mass is 9.89. The maximum Gasteiger partial charge on any atom is 0.129 e. The summed E-state index contributed by atoms with van der Waals surface area (Å²) in [5, 5.41) is 5.34. The lowest BCUT2D eigenvalue weighted by Gasteiger charge is -2.15. The molecule has 0 nitrogen and oxygen atoms in total. The number of hydrogen-bond donors (Lipinski definition) is 0. The van der Waals surface area contributed by atoms with E-state index in [0.717, 1.165) is 6.42 Å². The number of fused-ring (bicyclic) bond motifs is 2. The van der Waals surface area contributed by atoms with Gasteiger partial charge in [-0.05, 0) is 58.1 Å². The first-order chi connectivity index (χ1) is 16.1. The monoisotopic (exact) mass is 482 g/mol. The Bertz CT molecular complexity index is 1170. The molecule has 0 fully saturated rings. The minimum absolute atomic E-state index is 1.12.